The zero-order valence-electron chi connectivity index (χ0n) is 33.2. The van der Waals surface area contributed by atoms with Crippen molar-refractivity contribution in [2.24, 2.45) is 0 Å². The van der Waals surface area contributed by atoms with E-state index >= 15 is 0 Å². The van der Waals surface area contributed by atoms with E-state index in [4.69, 9.17) is 0 Å². The van der Waals surface area contributed by atoms with Crippen LogP contribution < -0.4 is 4.57 Å². The fourth-order valence-electron chi connectivity index (χ4n) is 4.14. The summed E-state index contributed by atoms with van der Waals surface area (Å²) in [6.07, 6.45) is 17.1. The quantitative estimate of drug-likeness (QED) is 0.116. The molecule has 3 aromatic rings. The van der Waals surface area contributed by atoms with Crippen LogP contribution in [-0.4, -0.2) is 50.7 Å². The summed E-state index contributed by atoms with van der Waals surface area (Å²) in [5.41, 5.74) is 8.05. The molecule has 0 fully saturated rings. The first-order chi connectivity index (χ1) is 21.4. The van der Waals surface area contributed by atoms with Crippen molar-refractivity contribution in [3.63, 3.8) is 0 Å². The number of aromatic nitrogens is 2. The summed E-state index contributed by atoms with van der Waals surface area (Å²) in [5.74, 6) is 1.84. The SMILES string of the molecule is CC(C)c1cccc(C(C)C)c1-n1[c-][n+](-c2c(C(C)C)cccc2C(C)C)cc1.[CH2-]CCC.[CH2-]CCC.[CH2-]CCC.[CH2-]CCC.[Mg+2].[Mg+2]. The first-order valence-corrected chi connectivity index (χ1v) is 17.8. The Morgan fingerprint density at radius 3 is 1.09 bits per heavy atom. The summed E-state index contributed by atoms with van der Waals surface area (Å²) in [5, 5.41) is 0. The van der Waals surface area contributed by atoms with E-state index in [9.17, 15) is 0 Å². The summed E-state index contributed by atoms with van der Waals surface area (Å²) in [6.45, 7) is 41.0. The van der Waals surface area contributed by atoms with Gasteiger partial charge in [0.2, 0.25) is 0 Å². The van der Waals surface area contributed by atoms with E-state index in [2.05, 4.69) is 175 Å². The molecule has 0 radical (unpaired) electrons. The molecule has 0 saturated carbocycles. The van der Waals surface area contributed by atoms with Gasteiger partial charge in [-0.3, -0.25) is 9.13 Å². The molecule has 1 heterocycles. The smallest absolute Gasteiger partial charge is 0.343 e. The molecular formula is C43H72Mg2N2. The van der Waals surface area contributed by atoms with Gasteiger partial charge in [-0.05, 0) is 45.9 Å². The molecule has 0 atom stereocenters. The van der Waals surface area contributed by atoms with Crippen LogP contribution in [0, 0.1) is 34.0 Å². The third-order valence-corrected chi connectivity index (χ3v) is 7.16. The molecule has 47 heavy (non-hydrogen) atoms. The third kappa shape index (κ3) is 20.5. The molecule has 1 aromatic heterocycles. The van der Waals surface area contributed by atoms with Crippen molar-refractivity contribution < 1.29 is 4.57 Å². The van der Waals surface area contributed by atoms with Crippen LogP contribution in [0.3, 0.4) is 0 Å². The van der Waals surface area contributed by atoms with E-state index in [1.807, 2.05) is 0 Å². The van der Waals surface area contributed by atoms with Crippen molar-refractivity contribution in [3.05, 3.63) is 105 Å². The number of unbranched alkanes of at least 4 members (excludes halogenated alkanes) is 4. The zero-order valence-corrected chi connectivity index (χ0v) is 36.1. The summed E-state index contributed by atoms with van der Waals surface area (Å²) >= 11 is 0. The molecule has 0 saturated heterocycles. The number of hydrogen-bond acceptors (Lipinski definition) is 0. The molecule has 0 aliphatic rings. The molecule has 258 valence electrons. The van der Waals surface area contributed by atoms with Gasteiger partial charge in [-0.15, -0.1) is 0 Å². The predicted molar refractivity (Wildman–Crippen MR) is 215 cm³/mol. The zero-order chi connectivity index (χ0) is 34.9. The van der Waals surface area contributed by atoms with Gasteiger partial charge in [0, 0.05) is 12.4 Å². The molecule has 0 amide bonds. The Bertz CT molecular complexity index is 958. The molecule has 4 heteroatoms. The summed E-state index contributed by atoms with van der Waals surface area (Å²) in [4.78, 5) is 0. The van der Waals surface area contributed by atoms with E-state index in [0.29, 0.717) is 23.7 Å². The standard InChI is InChI=1S/C27H36N2.4C4H9.2Mg/c1-18(2)22-11-9-12-23(19(3)4)26(22)28-15-16-29(17-28)27-24(20(5)6)13-10-14-25(27)21(7)8;4*1-3-4-2;;/h9-16,18-21H,1-8H3;4*1,3-4H2,2H3;;/q;4*-1;2*+2. The van der Waals surface area contributed by atoms with Crippen LogP contribution >= 0.6 is 0 Å². The topological polar surface area (TPSA) is 8.81 Å². The first-order valence-electron chi connectivity index (χ1n) is 17.8. The maximum Gasteiger partial charge on any atom is 2.00 e. The number of hydrogen-bond donors (Lipinski definition) is 0. The monoisotopic (exact) mass is 665 g/mol. The van der Waals surface area contributed by atoms with Crippen molar-refractivity contribution >= 4 is 46.1 Å². The number of para-hydroxylation sites is 2. The van der Waals surface area contributed by atoms with Crippen LogP contribution in [0.2, 0.25) is 0 Å². The molecule has 0 aliphatic carbocycles. The van der Waals surface area contributed by atoms with Gasteiger partial charge in [0.25, 0.3) is 6.33 Å². The van der Waals surface area contributed by atoms with Crippen LogP contribution in [0.15, 0.2) is 48.8 Å². The van der Waals surface area contributed by atoms with Gasteiger partial charge in [0.05, 0.1) is 11.4 Å². The summed E-state index contributed by atoms with van der Waals surface area (Å²) < 4.78 is 4.40. The van der Waals surface area contributed by atoms with E-state index in [-0.39, 0.29) is 46.1 Å². The van der Waals surface area contributed by atoms with Gasteiger partial charge in [0.1, 0.15) is 0 Å². The first kappa shape index (κ1) is 53.0. The second-order valence-corrected chi connectivity index (χ2v) is 12.7. The molecule has 0 aliphatic heterocycles. The van der Waals surface area contributed by atoms with E-state index in [1.54, 1.807) is 0 Å². The van der Waals surface area contributed by atoms with Gasteiger partial charge in [-0.2, -0.15) is 25.7 Å². The van der Waals surface area contributed by atoms with Crippen molar-refractivity contribution in [2.75, 3.05) is 0 Å². The van der Waals surface area contributed by atoms with Crippen molar-refractivity contribution in [1.29, 1.82) is 0 Å². The fourth-order valence-corrected chi connectivity index (χ4v) is 4.14. The van der Waals surface area contributed by atoms with Gasteiger partial charge in [-0.25, -0.2) is 0 Å². The molecule has 0 N–H and O–H groups in total. The van der Waals surface area contributed by atoms with Crippen molar-refractivity contribution in [1.82, 2.24) is 4.57 Å². The van der Waals surface area contributed by atoms with Crippen LogP contribution in [-0.2, 0) is 0 Å². The Hall–Kier alpha value is -0.818. The van der Waals surface area contributed by atoms with Crippen LogP contribution in [0.4, 0.5) is 0 Å². The Labute approximate surface area is 327 Å². The van der Waals surface area contributed by atoms with E-state index < -0.39 is 0 Å². The largest absolute Gasteiger partial charge is 2.00 e. The summed E-state index contributed by atoms with van der Waals surface area (Å²) in [6, 6.07) is 13.4. The minimum Gasteiger partial charge on any atom is -0.343 e. The molecular weight excluding hydrogens is 593 g/mol. The minimum absolute atomic E-state index is 0. The maximum atomic E-state index is 3.66. The average molecular weight is 666 g/mol. The Morgan fingerprint density at radius 1 is 0.553 bits per heavy atom. The second kappa shape index (κ2) is 32.4. The molecule has 0 spiro atoms. The van der Waals surface area contributed by atoms with Crippen LogP contribution in [0.5, 0.6) is 0 Å². The molecule has 2 nitrogen and oxygen atoms in total. The molecule has 0 bridgehead atoms. The van der Waals surface area contributed by atoms with Crippen LogP contribution in [0.25, 0.3) is 11.4 Å². The number of benzene rings is 2. The molecule has 2 aromatic carbocycles. The number of imidazole rings is 1. The van der Waals surface area contributed by atoms with Gasteiger partial charge in [0.15, 0.2) is 0 Å². The van der Waals surface area contributed by atoms with Gasteiger partial charge >= 0.3 is 46.1 Å². The minimum atomic E-state index is 0. The summed E-state index contributed by atoms with van der Waals surface area (Å²) in [7, 11) is 0. The average Bonchev–Trinajstić information content (AvgIpc) is 3.54. The molecule has 0 unspecified atom stereocenters. The second-order valence-electron chi connectivity index (χ2n) is 12.7. The Kier molecular flexibility index (Phi) is 36.5. The van der Waals surface area contributed by atoms with Gasteiger partial charge in [-0.1, -0.05) is 145 Å². The van der Waals surface area contributed by atoms with Crippen molar-refractivity contribution in [2.45, 2.75) is 158 Å². The fraction of sp³-hybridized carbons (Fsp3) is 0.558. The van der Waals surface area contributed by atoms with Crippen molar-refractivity contribution in [3.8, 4) is 11.4 Å². The normalized spacial score (nSPS) is 9.96. The number of nitrogens with zero attached hydrogens (tertiary/aromatic N) is 2. The maximum absolute atomic E-state index is 3.66. The number of rotatable bonds is 10. The third-order valence-electron chi connectivity index (χ3n) is 7.16. The van der Waals surface area contributed by atoms with Gasteiger partial charge < -0.3 is 27.7 Å². The Balaban J connectivity index is -0.000000430. The van der Waals surface area contributed by atoms with Crippen LogP contribution in [0.1, 0.15) is 180 Å². The molecule has 3 rings (SSSR count). The predicted octanol–water partition coefficient (Wildman–Crippen LogP) is 12.8. The Morgan fingerprint density at radius 2 is 0.830 bits per heavy atom. The van der Waals surface area contributed by atoms with E-state index in [1.165, 1.54) is 59.3 Å². The van der Waals surface area contributed by atoms with E-state index in [0.717, 1.165) is 25.7 Å².